The predicted octanol–water partition coefficient (Wildman–Crippen LogP) is 1.89. The van der Waals surface area contributed by atoms with E-state index in [2.05, 4.69) is 21.8 Å². The van der Waals surface area contributed by atoms with Crippen molar-refractivity contribution in [3.8, 4) is 0 Å². The van der Waals surface area contributed by atoms with Crippen LogP contribution in [-0.2, 0) is 10.0 Å². The molecule has 0 aliphatic heterocycles. The number of H-pyrrole nitrogens is 1. The molecule has 0 bridgehead atoms. The summed E-state index contributed by atoms with van der Waals surface area (Å²) in [5.41, 5.74) is 1.10. The summed E-state index contributed by atoms with van der Waals surface area (Å²) in [6.07, 6.45) is 4.23. The second-order valence-corrected chi connectivity index (χ2v) is 5.93. The molecule has 98 valence electrons. The van der Waals surface area contributed by atoms with Gasteiger partial charge in [-0.2, -0.15) is 5.10 Å². The van der Waals surface area contributed by atoms with E-state index in [0.717, 1.165) is 25.7 Å². The van der Waals surface area contributed by atoms with Gasteiger partial charge in [0.2, 0.25) is 10.0 Å². The van der Waals surface area contributed by atoms with Crippen molar-refractivity contribution >= 4 is 10.0 Å². The zero-order valence-electron chi connectivity index (χ0n) is 10.7. The van der Waals surface area contributed by atoms with Crippen LogP contribution in [0.4, 0.5) is 0 Å². The van der Waals surface area contributed by atoms with E-state index in [1.54, 1.807) is 13.8 Å². The molecule has 5 nitrogen and oxygen atoms in total. The zero-order chi connectivity index (χ0) is 12.9. The topological polar surface area (TPSA) is 74.8 Å². The van der Waals surface area contributed by atoms with E-state index in [-0.39, 0.29) is 4.90 Å². The van der Waals surface area contributed by atoms with Crippen LogP contribution < -0.4 is 4.72 Å². The van der Waals surface area contributed by atoms with Gasteiger partial charge < -0.3 is 0 Å². The molecule has 0 saturated carbocycles. The van der Waals surface area contributed by atoms with Gasteiger partial charge in [0.05, 0.1) is 11.4 Å². The van der Waals surface area contributed by atoms with Crippen LogP contribution >= 0.6 is 0 Å². The number of aromatic nitrogens is 2. The van der Waals surface area contributed by atoms with Crippen LogP contribution in [-0.4, -0.2) is 25.2 Å². The molecule has 0 fully saturated rings. The van der Waals surface area contributed by atoms with E-state index in [1.165, 1.54) is 0 Å². The van der Waals surface area contributed by atoms with Crippen LogP contribution in [0.1, 0.15) is 44.0 Å². The first-order valence-electron chi connectivity index (χ1n) is 6.00. The first kappa shape index (κ1) is 14.2. The van der Waals surface area contributed by atoms with E-state index in [4.69, 9.17) is 0 Å². The molecule has 0 unspecified atom stereocenters. The number of rotatable bonds is 7. The van der Waals surface area contributed by atoms with Crippen molar-refractivity contribution in [3.05, 3.63) is 11.4 Å². The molecule has 0 aliphatic rings. The molecule has 0 spiro atoms. The van der Waals surface area contributed by atoms with E-state index >= 15 is 0 Å². The Hall–Kier alpha value is -0.880. The minimum atomic E-state index is -3.41. The molecule has 6 heteroatoms. The molecule has 0 aromatic carbocycles. The normalized spacial score (nSPS) is 11.9. The second-order valence-electron chi connectivity index (χ2n) is 4.22. The molecule has 0 radical (unpaired) electrons. The average molecular weight is 259 g/mol. The summed E-state index contributed by atoms with van der Waals surface area (Å²) in [6, 6.07) is 0. The maximum absolute atomic E-state index is 12.0. The summed E-state index contributed by atoms with van der Waals surface area (Å²) in [4.78, 5) is 0.285. The summed E-state index contributed by atoms with van der Waals surface area (Å²) in [5, 5.41) is 6.58. The molecule has 1 rings (SSSR count). The number of aromatic amines is 1. The maximum Gasteiger partial charge on any atom is 0.244 e. The van der Waals surface area contributed by atoms with Crippen LogP contribution in [0.15, 0.2) is 4.90 Å². The van der Waals surface area contributed by atoms with Gasteiger partial charge in [0.15, 0.2) is 0 Å². The van der Waals surface area contributed by atoms with Gasteiger partial charge in [0.1, 0.15) is 4.90 Å². The highest BCUT2D eigenvalue weighted by Crippen LogP contribution is 2.16. The molecular weight excluding hydrogens is 238 g/mol. The largest absolute Gasteiger partial charge is 0.281 e. The van der Waals surface area contributed by atoms with Crippen molar-refractivity contribution in [2.45, 2.75) is 51.3 Å². The number of sulfonamides is 1. The SMILES string of the molecule is CCCCCCNS(=O)(=O)c1c(C)n[nH]c1C. The third kappa shape index (κ3) is 3.81. The van der Waals surface area contributed by atoms with E-state index < -0.39 is 10.0 Å². The molecule has 2 N–H and O–H groups in total. The number of nitrogens with zero attached hydrogens (tertiary/aromatic N) is 1. The lowest BCUT2D eigenvalue weighted by atomic mass is 10.2. The monoisotopic (exact) mass is 259 g/mol. The fourth-order valence-corrected chi connectivity index (χ4v) is 3.21. The zero-order valence-corrected chi connectivity index (χ0v) is 11.5. The summed E-state index contributed by atoms with van der Waals surface area (Å²) in [6.45, 7) is 6.02. The Kier molecular flexibility index (Phi) is 5.14. The smallest absolute Gasteiger partial charge is 0.244 e. The van der Waals surface area contributed by atoms with Gasteiger partial charge in [-0.3, -0.25) is 5.10 Å². The summed E-state index contributed by atoms with van der Waals surface area (Å²) >= 11 is 0. The van der Waals surface area contributed by atoms with Crippen molar-refractivity contribution in [2.24, 2.45) is 0 Å². The lowest BCUT2D eigenvalue weighted by Gasteiger charge is -2.06. The average Bonchev–Trinajstić information content (AvgIpc) is 2.58. The molecule has 1 aromatic rings. The van der Waals surface area contributed by atoms with Gasteiger partial charge >= 0.3 is 0 Å². The first-order chi connectivity index (χ1) is 7.99. The number of hydrogen-bond acceptors (Lipinski definition) is 3. The summed E-state index contributed by atoms with van der Waals surface area (Å²) < 4.78 is 26.6. The Morgan fingerprint density at radius 2 is 1.94 bits per heavy atom. The van der Waals surface area contributed by atoms with Crippen molar-refractivity contribution in [1.29, 1.82) is 0 Å². The lowest BCUT2D eigenvalue weighted by molar-refractivity contribution is 0.572. The number of nitrogens with one attached hydrogen (secondary N) is 2. The molecule has 1 aromatic heterocycles. The Morgan fingerprint density at radius 3 is 2.47 bits per heavy atom. The molecule has 0 aliphatic carbocycles. The minimum Gasteiger partial charge on any atom is -0.281 e. The van der Waals surface area contributed by atoms with Gasteiger partial charge in [-0.1, -0.05) is 26.2 Å². The van der Waals surface area contributed by atoms with E-state index in [0.29, 0.717) is 17.9 Å². The molecule has 1 heterocycles. The van der Waals surface area contributed by atoms with Gasteiger partial charge in [0, 0.05) is 6.54 Å². The third-order valence-corrected chi connectivity index (χ3v) is 4.37. The number of unbranched alkanes of at least 4 members (excludes halogenated alkanes) is 3. The van der Waals surface area contributed by atoms with Crippen LogP contribution in [0.5, 0.6) is 0 Å². The van der Waals surface area contributed by atoms with Crippen molar-refractivity contribution < 1.29 is 8.42 Å². The van der Waals surface area contributed by atoms with E-state index in [1.807, 2.05) is 0 Å². The minimum absolute atomic E-state index is 0.285. The lowest BCUT2D eigenvalue weighted by Crippen LogP contribution is -2.25. The van der Waals surface area contributed by atoms with Crippen molar-refractivity contribution in [2.75, 3.05) is 6.54 Å². The molecule has 0 atom stereocenters. The Balaban J connectivity index is 2.58. The predicted molar refractivity (Wildman–Crippen MR) is 67.4 cm³/mol. The van der Waals surface area contributed by atoms with Gasteiger partial charge in [-0.15, -0.1) is 0 Å². The van der Waals surface area contributed by atoms with E-state index in [9.17, 15) is 8.42 Å². The molecule has 0 amide bonds. The van der Waals surface area contributed by atoms with Gasteiger partial charge in [0.25, 0.3) is 0 Å². The van der Waals surface area contributed by atoms with Crippen molar-refractivity contribution in [3.63, 3.8) is 0 Å². The number of aryl methyl sites for hydroxylation is 2. The fourth-order valence-electron chi connectivity index (χ4n) is 1.77. The van der Waals surface area contributed by atoms with Crippen LogP contribution in [0.2, 0.25) is 0 Å². The Morgan fingerprint density at radius 1 is 1.24 bits per heavy atom. The maximum atomic E-state index is 12.0. The summed E-state index contributed by atoms with van der Waals surface area (Å²) in [7, 11) is -3.41. The highest BCUT2D eigenvalue weighted by Gasteiger charge is 2.21. The van der Waals surface area contributed by atoms with Crippen LogP contribution in [0.3, 0.4) is 0 Å². The van der Waals surface area contributed by atoms with Crippen LogP contribution in [0.25, 0.3) is 0 Å². The molecule has 17 heavy (non-hydrogen) atoms. The van der Waals surface area contributed by atoms with Crippen molar-refractivity contribution in [1.82, 2.24) is 14.9 Å². The quantitative estimate of drug-likeness (QED) is 0.734. The summed E-state index contributed by atoms with van der Waals surface area (Å²) in [5.74, 6) is 0. The third-order valence-electron chi connectivity index (χ3n) is 2.65. The molecule has 0 saturated heterocycles. The highest BCUT2D eigenvalue weighted by molar-refractivity contribution is 7.89. The molecular formula is C11H21N3O2S. The Labute approximate surface area is 103 Å². The van der Waals surface area contributed by atoms with Gasteiger partial charge in [-0.05, 0) is 20.3 Å². The Bertz CT molecular complexity index is 432. The van der Waals surface area contributed by atoms with Gasteiger partial charge in [-0.25, -0.2) is 13.1 Å². The fraction of sp³-hybridized carbons (Fsp3) is 0.727. The number of hydrogen-bond donors (Lipinski definition) is 2. The standard InChI is InChI=1S/C11H21N3O2S/c1-4-5-6-7-8-12-17(15,16)11-9(2)13-14-10(11)3/h12H,4-8H2,1-3H3,(H,13,14). The second kappa shape index (κ2) is 6.16. The highest BCUT2D eigenvalue weighted by atomic mass is 32.2. The first-order valence-corrected chi connectivity index (χ1v) is 7.48. The van der Waals surface area contributed by atoms with Crippen LogP contribution in [0, 0.1) is 13.8 Å².